The molecule has 1 aliphatic heterocycles. The van der Waals surface area contributed by atoms with Gasteiger partial charge in [0.2, 0.25) is 0 Å². The van der Waals surface area contributed by atoms with Gasteiger partial charge in [0, 0.05) is 18.1 Å². The highest BCUT2D eigenvalue weighted by atomic mass is 16.6. The number of carbonyl (C=O) groups is 3. The number of oxime groups is 1. The number of carboxylic acids is 1. The van der Waals surface area contributed by atoms with E-state index < -0.39 is 17.6 Å². The average molecular weight is 587 g/mol. The molecule has 1 amide bonds. The quantitative estimate of drug-likeness (QED) is 0.348. The molecule has 3 saturated carbocycles. The SMILES string of the molecule is CC(=O)[C@]1(O)CC[C@@H]2[C@@H]3CCC4=C/C(=N\OCC(=O)N[C@H](CC(=O)O)[C@@H]5CCOC(C)(C)C5)CC[C@]4(C)[C@@H]3CC[C@@]21C. The lowest BCUT2D eigenvalue weighted by Gasteiger charge is -2.59. The third-order valence-electron chi connectivity index (χ3n) is 12.1. The molecule has 0 radical (unpaired) electrons. The number of carbonyl (C=O) groups excluding carboxylic acids is 2. The standard InChI is InChI=1S/C33H50N2O7/c1-20(36)33(40)14-10-26-24-7-6-22-16-23(8-12-31(22,4)25(24)9-13-32(26,33)5)35-42-19-28(37)34-27(17-29(38)39)21-11-15-41-30(2,3)18-21/h16,21,24-27,40H,6-15,17-19H2,1-5H3,(H,34,37)(H,38,39)/b35-23-/t21-,24-,25-,26-,27-,31+,32+,33-/m1/s1. The molecule has 42 heavy (non-hydrogen) atoms. The van der Waals surface area contributed by atoms with E-state index in [-0.39, 0.29) is 47.1 Å². The Labute approximate surface area is 249 Å². The third-order valence-corrected chi connectivity index (χ3v) is 12.1. The monoisotopic (exact) mass is 586 g/mol. The zero-order valence-electron chi connectivity index (χ0n) is 26.0. The number of carboxylic acid groups (broad SMARTS) is 1. The van der Waals surface area contributed by atoms with Crippen molar-refractivity contribution in [2.24, 2.45) is 39.7 Å². The van der Waals surface area contributed by atoms with Crippen molar-refractivity contribution in [3.05, 3.63) is 11.6 Å². The highest BCUT2D eigenvalue weighted by molar-refractivity contribution is 5.96. The fourth-order valence-corrected chi connectivity index (χ4v) is 9.81. The molecular formula is C33H50N2O7. The van der Waals surface area contributed by atoms with Crippen LogP contribution in [0.3, 0.4) is 0 Å². The molecule has 0 aromatic carbocycles. The number of hydrogen-bond acceptors (Lipinski definition) is 7. The number of nitrogens with zero attached hydrogens (tertiary/aromatic N) is 1. The highest BCUT2D eigenvalue weighted by Gasteiger charge is 2.65. The molecular weight excluding hydrogens is 536 g/mol. The first kappa shape index (κ1) is 31.2. The van der Waals surface area contributed by atoms with Gasteiger partial charge in [0.25, 0.3) is 5.91 Å². The molecule has 0 aromatic heterocycles. The van der Waals surface area contributed by atoms with Gasteiger partial charge in [0.05, 0.1) is 17.7 Å². The van der Waals surface area contributed by atoms with Crippen LogP contribution in [0.15, 0.2) is 16.8 Å². The van der Waals surface area contributed by atoms with Gasteiger partial charge in [-0.1, -0.05) is 24.6 Å². The number of aliphatic hydroxyl groups is 1. The van der Waals surface area contributed by atoms with Crippen LogP contribution in [0.4, 0.5) is 0 Å². The molecule has 234 valence electrons. The predicted molar refractivity (Wildman–Crippen MR) is 158 cm³/mol. The summed E-state index contributed by atoms with van der Waals surface area (Å²) in [7, 11) is 0. The van der Waals surface area contributed by atoms with E-state index in [2.05, 4.69) is 30.4 Å². The summed E-state index contributed by atoms with van der Waals surface area (Å²) >= 11 is 0. The van der Waals surface area contributed by atoms with E-state index in [4.69, 9.17) is 9.57 Å². The van der Waals surface area contributed by atoms with Gasteiger partial charge in [-0.05, 0) is 120 Å². The smallest absolute Gasteiger partial charge is 0.305 e. The summed E-state index contributed by atoms with van der Waals surface area (Å²) in [6.45, 7) is 10.4. The Hall–Kier alpha value is -2.26. The zero-order valence-corrected chi connectivity index (χ0v) is 26.0. The molecule has 0 bridgehead atoms. The largest absolute Gasteiger partial charge is 0.481 e. The zero-order chi connectivity index (χ0) is 30.5. The molecule has 0 aromatic rings. The molecule has 9 heteroatoms. The molecule has 0 spiro atoms. The molecule has 1 saturated heterocycles. The molecule has 3 N–H and O–H groups in total. The second-order valence-corrected chi connectivity index (χ2v) is 14.9. The van der Waals surface area contributed by atoms with Crippen LogP contribution in [0.2, 0.25) is 0 Å². The second-order valence-electron chi connectivity index (χ2n) is 14.9. The second kappa shape index (κ2) is 11.3. The summed E-state index contributed by atoms with van der Waals surface area (Å²) in [6.07, 6.45) is 10.6. The number of ketones is 1. The number of hydrogen-bond donors (Lipinski definition) is 3. The number of fused-ring (bicyclic) bond motifs is 5. The van der Waals surface area contributed by atoms with Gasteiger partial charge < -0.3 is 25.1 Å². The van der Waals surface area contributed by atoms with Crippen molar-refractivity contribution >= 4 is 23.4 Å². The van der Waals surface area contributed by atoms with Crippen molar-refractivity contribution in [1.29, 1.82) is 0 Å². The molecule has 4 fully saturated rings. The molecule has 0 unspecified atom stereocenters. The Morgan fingerprint density at radius 2 is 1.81 bits per heavy atom. The van der Waals surface area contributed by atoms with Gasteiger partial charge in [-0.3, -0.25) is 14.4 Å². The molecule has 4 aliphatic carbocycles. The van der Waals surface area contributed by atoms with Gasteiger partial charge >= 0.3 is 5.97 Å². The maximum atomic E-state index is 12.7. The number of rotatable bonds is 8. The molecule has 8 atom stereocenters. The summed E-state index contributed by atoms with van der Waals surface area (Å²) in [5.74, 6) is 0.0492. The third kappa shape index (κ3) is 5.56. The van der Waals surface area contributed by atoms with Gasteiger partial charge in [-0.2, -0.15) is 0 Å². The van der Waals surface area contributed by atoms with E-state index >= 15 is 0 Å². The minimum Gasteiger partial charge on any atom is -0.481 e. The van der Waals surface area contributed by atoms with E-state index in [9.17, 15) is 24.6 Å². The molecule has 5 aliphatic rings. The maximum absolute atomic E-state index is 12.7. The van der Waals surface area contributed by atoms with Crippen LogP contribution in [-0.4, -0.2) is 64.0 Å². The van der Waals surface area contributed by atoms with Crippen LogP contribution in [0.5, 0.6) is 0 Å². The van der Waals surface area contributed by atoms with Gasteiger partial charge in [0.1, 0.15) is 5.60 Å². The number of Topliss-reactive ketones (excluding diaryl/α,β-unsaturated/α-hetero) is 1. The first-order valence-electron chi connectivity index (χ1n) is 16.0. The summed E-state index contributed by atoms with van der Waals surface area (Å²) in [6, 6.07) is -0.481. The van der Waals surface area contributed by atoms with Crippen molar-refractivity contribution in [2.75, 3.05) is 13.2 Å². The Kier molecular flexibility index (Phi) is 8.42. The van der Waals surface area contributed by atoms with E-state index in [1.807, 2.05) is 13.8 Å². The number of nitrogens with one attached hydrogen (secondary N) is 1. The number of allylic oxidation sites excluding steroid dienone is 2. The highest BCUT2D eigenvalue weighted by Crippen LogP contribution is 2.67. The van der Waals surface area contributed by atoms with Gasteiger partial charge in [-0.15, -0.1) is 0 Å². The topological polar surface area (TPSA) is 135 Å². The summed E-state index contributed by atoms with van der Waals surface area (Å²) < 4.78 is 5.77. The molecule has 5 rings (SSSR count). The fourth-order valence-electron chi connectivity index (χ4n) is 9.81. The lowest BCUT2D eigenvalue weighted by molar-refractivity contribution is -0.159. The number of aliphatic carboxylic acids is 1. The van der Waals surface area contributed by atoms with Crippen molar-refractivity contribution < 1.29 is 34.2 Å². The average Bonchev–Trinajstić information content (AvgIpc) is 3.19. The Morgan fingerprint density at radius 3 is 2.50 bits per heavy atom. The van der Waals surface area contributed by atoms with Crippen LogP contribution in [0.25, 0.3) is 0 Å². The van der Waals surface area contributed by atoms with Crippen LogP contribution in [0, 0.1) is 34.5 Å². The van der Waals surface area contributed by atoms with Crippen molar-refractivity contribution in [3.8, 4) is 0 Å². The Balaban J connectivity index is 1.20. The van der Waals surface area contributed by atoms with Gasteiger partial charge in [0.15, 0.2) is 12.4 Å². The minimum atomic E-state index is -1.19. The lowest BCUT2D eigenvalue weighted by Crippen LogP contribution is -2.57. The Bertz CT molecular complexity index is 1160. The van der Waals surface area contributed by atoms with Crippen molar-refractivity contribution in [2.45, 2.75) is 122 Å². The van der Waals surface area contributed by atoms with Crippen LogP contribution in [-0.2, 0) is 24.0 Å². The Morgan fingerprint density at radius 1 is 1.07 bits per heavy atom. The van der Waals surface area contributed by atoms with Gasteiger partial charge in [-0.25, -0.2) is 0 Å². The summed E-state index contributed by atoms with van der Waals surface area (Å²) in [4.78, 5) is 42.2. The summed E-state index contributed by atoms with van der Waals surface area (Å²) in [5, 5.41) is 28.0. The van der Waals surface area contributed by atoms with E-state index in [1.54, 1.807) is 6.92 Å². The number of amides is 1. The first-order valence-corrected chi connectivity index (χ1v) is 16.0. The van der Waals surface area contributed by atoms with Crippen LogP contribution < -0.4 is 5.32 Å². The van der Waals surface area contributed by atoms with Crippen LogP contribution >= 0.6 is 0 Å². The van der Waals surface area contributed by atoms with E-state index in [0.29, 0.717) is 43.6 Å². The predicted octanol–water partition coefficient (Wildman–Crippen LogP) is 4.81. The summed E-state index contributed by atoms with van der Waals surface area (Å²) in [5.41, 5.74) is 0.437. The fraction of sp³-hybridized carbons (Fsp3) is 0.818. The first-order chi connectivity index (χ1) is 19.7. The number of ether oxygens (including phenoxy) is 1. The lowest BCUT2D eigenvalue weighted by atomic mass is 9.46. The molecule has 1 heterocycles. The normalized spacial score (nSPS) is 40.6. The minimum absolute atomic E-state index is 0.0224. The van der Waals surface area contributed by atoms with E-state index in [0.717, 1.165) is 50.7 Å². The van der Waals surface area contributed by atoms with E-state index in [1.165, 1.54) is 5.57 Å². The van der Waals surface area contributed by atoms with Crippen molar-refractivity contribution in [1.82, 2.24) is 5.32 Å². The maximum Gasteiger partial charge on any atom is 0.305 e. The molecule has 9 nitrogen and oxygen atoms in total. The van der Waals surface area contributed by atoms with Crippen molar-refractivity contribution in [3.63, 3.8) is 0 Å². The van der Waals surface area contributed by atoms with Crippen LogP contribution in [0.1, 0.15) is 105 Å².